The number of aliphatic hydroxyl groups is 1. The monoisotopic (exact) mass is 643 g/mol. The SMILES string of the molecule is C=C[C@]1(C)C[C@@H](OC(=O)CSCC2CCCN2c2c(NCCN(C)C)c(=O)c2=O)[C@]2(C)[C@H](C)CC[C@]3(CCC(=O)[C@H]32)[C@@H](C)[C@@H]1O. The van der Waals surface area contributed by atoms with Crippen molar-refractivity contribution in [2.75, 3.05) is 55.5 Å². The molecular formula is C35H53N3O6S. The van der Waals surface area contributed by atoms with Gasteiger partial charge in [-0.1, -0.05) is 33.8 Å². The third kappa shape index (κ3) is 5.71. The van der Waals surface area contributed by atoms with E-state index in [9.17, 15) is 24.3 Å². The third-order valence-electron chi connectivity index (χ3n) is 12.5. The van der Waals surface area contributed by atoms with Crippen LogP contribution >= 0.6 is 11.8 Å². The summed E-state index contributed by atoms with van der Waals surface area (Å²) in [5, 5.41) is 14.9. The van der Waals surface area contributed by atoms with E-state index in [4.69, 9.17) is 4.74 Å². The molecule has 1 aromatic carbocycles. The van der Waals surface area contributed by atoms with E-state index in [0.29, 0.717) is 43.1 Å². The summed E-state index contributed by atoms with van der Waals surface area (Å²) in [5.74, 6) is 0.578. The largest absolute Gasteiger partial charge is 0.461 e. The summed E-state index contributed by atoms with van der Waals surface area (Å²) < 4.78 is 6.40. The van der Waals surface area contributed by atoms with Gasteiger partial charge in [0.1, 0.15) is 23.3 Å². The van der Waals surface area contributed by atoms with Crippen molar-refractivity contribution >= 4 is 34.9 Å². The second-order valence-electron chi connectivity index (χ2n) is 15.2. The van der Waals surface area contributed by atoms with E-state index in [1.807, 2.05) is 36.9 Å². The number of ether oxygens (including phenoxy) is 1. The topological polar surface area (TPSA) is 116 Å². The minimum absolute atomic E-state index is 0.0511. The molecule has 1 aromatic rings. The van der Waals surface area contributed by atoms with Crippen molar-refractivity contribution < 1.29 is 19.4 Å². The van der Waals surface area contributed by atoms with E-state index in [0.717, 1.165) is 38.6 Å². The van der Waals surface area contributed by atoms with Crippen LogP contribution in [0.4, 0.5) is 11.4 Å². The fourth-order valence-electron chi connectivity index (χ4n) is 9.50. The van der Waals surface area contributed by atoms with Gasteiger partial charge in [0.05, 0.1) is 11.9 Å². The van der Waals surface area contributed by atoms with Crippen LogP contribution in [0, 0.1) is 34.0 Å². The lowest BCUT2D eigenvalue weighted by Crippen LogP contribution is -2.63. The van der Waals surface area contributed by atoms with Gasteiger partial charge in [0, 0.05) is 54.6 Å². The highest BCUT2D eigenvalue weighted by atomic mass is 32.2. The summed E-state index contributed by atoms with van der Waals surface area (Å²) in [6.07, 6.45) is 5.95. The number of hydrogen-bond donors (Lipinski definition) is 2. The van der Waals surface area contributed by atoms with Crippen molar-refractivity contribution in [2.24, 2.45) is 34.0 Å². The molecule has 9 nitrogen and oxygen atoms in total. The van der Waals surface area contributed by atoms with Gasteiger partial charge in [0.15, 0.2) is 0 Å². The van der Waals surface area contributed by atoms with E-state index in [2.05, 4.69) is 32.7 Å². The molecule has 250 valence electrons. The van der Waals surface area contributed by atoms with E-state index in [1.54, 1.807) is 0 Å². The van der Waals surface area contributed by atoms with Crippen LogP contribution < -0.4 is 21.1 Å². The molecule has 4 aliphatic rings. The van der Waals surface area contributed by atoms with Crippen LogP contribution in [0.5, 0.6) is 0 Å². The highest BCUT2D eigenvalue weighted by molar-refractivity contribution is 7.99. The minimum Gasteiger partial charge on any atom is -0.461 e. The predicted molar refractivity (Wildman–Crippen MR) is 181 cm³/mol. The Bertz CT molecular complexity index is 1370. The number of likely N-dealkylation sites (N-methyl/N-ethyl adjacent to an activating group) is 1. The minimum atomic E-state index is -0.692. The Hall–Kier alpha value is -2.17. The van der Waals surface area contributed by atoms with Gasteiger partial charge in [-0.3, -0.25) is 19.2 Å². The van der Waals surface area contributed by atoms with Crippen LogP contribution in [-0.4, -0.2) is 85.2 Å². The summed E-state index contributed by atoms with van der Waals surface area (Å²) in [4.78, 5) is 56.2. The molecule has 5 rings (SSSR count). The number of rotatable bonds is 11. The molecule has 0 aromatic heterocycles. The van der Waals surface area contributed by atoms with E-state index in [-0.39, 0.29) is 46.7 Å². The van der Waals surface area contributed by atoms with Gasteiger partial charge in [-0.2, -0.15) is 0 Å². The molecule has 3 saturated carbocycles. The zero-order valence-electron chi connectivity index (χ0n) is 28.0. The summed E-state index contributed by atoms with van der Waals surface area (Å²) in [6, 6.07) is 0.0511. The molecule has 1 unspecified atom stereocenters. The molecule has 10 heteroatoms. The smallest absolute Gasteiger partial charge is 0.316 e. The Labute approximate surface area is 272 Å². The standard InChI is InChI=1S/C35H53N3O6S/c1-8-33(4)18-25(34(5)21(2)11-13-35(22(3)32(33)43)14-12-24(39)31(34)35)44-26(40)20-45-19-23-10-9-16-38(23)28-27(29(41)30(28)42)36-15-17-37(6)7/h8,21-23,25,31-32,36,43H,1,9-20H2,2-7H3/t21-,22+,23?,25-,31+,32+,33-,34+,35+/m1/s1. The molecule has 1 heterocycles. The summed E-state index contributed by atoms with van der Waals surface area (Å²) in [7, 11) is 3.92. The average Bonchev–Trinajstić information content (AvgIpc) is 3.61. The van der Waals surface area contributed by atoms with Crippen LogP contribution in [0.15, 0.2) is 22.2 Å². The molecule has 1 aliphatic heterocycles. The Kier molecular flexibility index (Phi) is 9.72. The fourth-order valence-corrected chi connectivity index (χ4v) is 10.5. The molecule has 0 radical (unpaired) electrons. The van der Waals surface area contributed by atoms with Crippen LogP contribution in [0.1, 0.15) is 72.6 Å². The van der Waals surface area contributed by atoms with Crippen molar-refractivity contribution in [1.29, 1.82) is 0 Å². The van der Waals surface area contributed by atoms with Gasteiger partial charge in [-0.05, 0) is 69.9 Å². The van der Waals surface area contributed by atoms with Crippen molar-refractivity contribution in [3.8, 4) is 0 Å². The summed E-state index contributed by atoms with van der Waals surface area (Å²) in [5.41, 5.74) is -1.49. The highest BCUT2D eigenvalue weighted by Gasteiger charge is 2.68. The van der Waals surface area contributed by atoms with Crippen molar-refractivity contribution in [1.82, 2.24) is 4.90 Å². The molecule has 4 fully saturated rings. The van der Waals surface area contributed by atoms with Crippen molar-refractivity contribution in [2.45, 2.75) is 90.9 Å². The molecule has 9 atom stereocenters. The molecule has 2 N–H and O–H groups in total. The first-order valence-corrected chi connectivity index (χ1v) is 18.0. The van der Waals surface area contributed by atoms with Crippen LogP contribution in [0.2, 0.25) is 0 Å². The first-order valence-electron chi connectivity index (χ1n) is 16.8. The van der Waals surface area contributed by atoms with Gasteiger partial charge in [0.25, 0.3) is 10.9 Å². The van der Waals surface area contributed by atoms with Gasteiger partial charge in [0.2, 0.25) is 0 Å². The number of carbonyl (C=O) groups excluding carboxylic acids is 2. The average molecular weight is 644 g/mol. The van der Waals surface area contributed by atoms with Gasteiger partial charge in [-0.15, -0.1) is 18.3 Å². The summed E-state index contributed by atoms with van der Waals surface area (Å²) >= 11 is 1.49. The van der Waals surface area contributed by atoms with Crippen molar-refractivity contribution in [3.05, 3.63) is 33.1 Å². The first-order chi connectivity index (χ1) is 21.2. The molecule has 2 bridgehead atoms. The number of nitrogens with one attached hydrogen (secondary N) is 1. The Balaban J connectivity index is 1.29. The van der Waals surface area contributed by atoms with Crippen LogP contribution in [-0.2, 0) is 14.3 Å². The zero-order chi connectivity index (χ0) is 32.9. The number of ketones is 1. The predicted octanol–water partition coefficient (Wildman–Crippen LogP) is 3.86. The number of thioether (sulfide) groups is 1. The number of Topliss-reactive ketones (excluding diaryl/α,β-unsaturated/α-hetero) is 1. The number of nitrogens with zero attached hydrogens (tertiary/aromatic N) is 2. The molecule has 45 heavy (non-hydrogen) atoms. The van der Waals surface area contributed by atoms with Gasteiger partial charge < -0.3 is 25.0 Å². The maximum atomic E-state index is 13.6. The first kappa shape index (κ1) is 34.2. The Morgan fingerprint density at radius 1 is 1.18 bits per heavy atom. The van der Waals surface area contributed by atoms with E-state index in [1.165, 1.54) is 11.8 Å². The van der Waals surface area contributed by atoms with Gasteiger partial charge in [-0.25, -0.2) is 0 Å². The number of hydrogen-bond acceptors (Lipinski definition) is 10. The lowest BCUT2D eigenvalue weighted by atomic mass is 9.44. The molecule has 3 aliphatic carbocycles. The molecule has 0 amide bonds. The Morgan fingerprint density at radius 2 is 1.91 bits per heavy atom. The quantitative estimate of drug-likeness (QED) is 0.209. The zero-order valence-corrected chi connectivity index (χ0v) is 28.8. The number of aliphatic hydroxyl groups excluding tert-OH is 1. The van der Waals surface area contributed by atoms with E-state index < -0.39 is 33.9 Å². The van der Waals surface area contributed by atoms with Crippen LogP contribution in [0.3, 0.4) is 0 Å². The Morgan fingerprint density at radius 3 is 2.60 bits per heavy atom. The van der Waals surface area contributed by atoms with E-state index >= 15 is 0 Å². The second kappa shape index (κ2) is 12.8. The maximum absolute atomic E-state index is 13.6. The lowest BCUT2D eigenvalue weighted by Gasteiger charge is -2.61. The van der Waals surface area contributed by atoms with Crippen molar-refractivity contribution in [3.63, 3.8) is 0 Å². The maximum Gasteiger partial charge on any atom is 0.316 e. The number of carbonyl (C=O) groups is 2. The van der Waals surface area contributed by atoms with Gasteiger partial charge >= 0.3 is 5.97 Å². The molecular weight excluding hydrogens is 590 g/mol. The third-order valence-corrected chi connectivity index (χ3v) is 13.6. The number of esters is 1. The molecule has 0 spiro atoms. The van der Waals surface area contributed by atoms with Crippen LogP contribution in [0.25, 0.3) is 0 Å². The molecule has 1 saturated heterocycles. The number of anilines is 2. The fraction of sp³-hybridized carbons (Fsp3) is 0.771. The second-order valence-corrected chi connectivity index (χ2v) is 16.2. The lowest BCUT2D eigenvalue weighted by molar-refractivity contribution is -0.205. The summed E-state index contributed by atoms with van der Waals surface area (Å²) in [6.45, 7) is 14.6. The highest BCUT2D eigenvalue weighted by Crippen LogP contribution is 2.68. The normalized spacial score (nSPS) is 38.2.